The Labute approximate surface area is 223 Å². The van der Waals surface area contributed by atoms with Crippen molar-refractivity contribution in [2.45, 2.75) is 38.6 Å². The van der Waals surface area contributed by atoms with E-state index in [1.807, 2.05) is 6.92 Å². The summed E-state index contributed by atoms with van der Waals surface area (Å²) >= 11 is 1.55. The highest BCUT2D eigenvalue weighted by molar-refractivity contribution is 7.17. The lowest BCUT2D eigenvalue weighted by Crippen LogP contribution is -2.49. The fourth-order valence-corrected chi connectivity index (χ4v) is 6.80. The number of thiophene rings is 1. The fourth-order valence-electron chi connectivity index (χ4n) is 5.51. The maximum atomic E-state index is 13.1. The molecule has 7 heteroatoms. The Hall–Kier alpha value is -3.00. The van der Waals surface area contributed by atoms with Crippen LogP contribution in [0.2, 0.25) is 0 Å². The van der Waals surface area contributed by atoms with Gasteiger partial charge in [0.25, 0.3) is 0 Å². The van der Waals surface area contributed by atoms with E-state index in [4.69, 9.17) is 4.74 Å². The summed E-state index contributed by atoms with van der Waals surface area (Å²) in [5.41, 5.74) is 4.22. The number of nitrogens with one attached hydrogen (secondary N) is 1. The van der Waals surface area contributed by atoms with Crippen LogP contribution in [-0.4, -0.2) is 61.0 Å². The Balaban J connectivity index is 1.23. The molecule has 0 atom stereocenters. The predicted molar refractivity (Wildman–Crippen MR) is 148 cm³/mol. The topological polar surface area (TPSA) is 61.9 Å². The quantitative estimate of drug-likeness (QED) is 0.419. The fraction of sp³-hybridized carbons (Fsp3) is 0.400. The smallest absolute Gasteiger partial charge is 0.341 e. The summed E-state index contributed by atoms with van der Waals surface area (Å²) in [5.74, 6) is -0.390. The largest absolute Gasteiger partial charge is 0.462 e. The van der Waals surface area contributed by atoms with Gasteiger partial charge in [0.05, 0.1) is 24.8 Å². The molecule has 0 radical (unpaired) electrons. The molecule has 37 heavy (non-hydrogen) atoms. The Morgan fingerprint density at radius 1 is 0.919 bits per heavy atom. The number of benzene rings is 2. The number of carbonyl (C=O) groups is 2. The van der Waals surface area contributed by atoms with Crippen LogP contribution in [0, 0.1) is 0 Å². The zero-order valence-corrected chi connectivity index (χ0v) is 22.3. The van der Waals surface area contributed by atoms with Crippen LogP contribution in [0.15, 0.2) is 60.7 Å². The Morgan fingerprint density at radius 2 is 1.54 bits per heavy atom. The van der Waals surface area contributed by atoms with Crippen molar-refractivity contribution in [3.8, 4) is 0 Å². The second kappa shape index (κ2) is 12.0. The standard InChI is InChI=1S/C30H35N3O3S/c1-2-36-30(35)27-24-15-9-10-16-25(24)37-29(27)31-26(34)21-32-17-19-33(20-18-32)28(22-11-5-3-6-12-22)23-13-7-4-8-14-23/h3-8,11-14,28H,2,9-10,15-21H2,1H3,(H,31,34). The highest BCUT2D eigenvalue weighted by atomic mass is 32.1. The first-order valence-corrected chi connectivity index (χ1v) is 14.1. The zero-order chi connectivity index (χ0) is 25.6. The molecule has 2 heterocycles. The molecule has 1 aliphatic heterocycles. The highest BCUT2D eigenvalue weighted by Gasteiger charge is 2.29. The first-order valence-electron chi connectivity index (χ1n) is 13.3. The minimum absolute atomic E-state index is 0.0692. The molecule has 1 N–H and O–H groups in total. The monoisotopic (exact) mass is 517 g/mol. The number of rotatable bonds is 8. The molecule has 0 spiro atoms. The van der Waals surface area contributed by atoms with Crippen molar-refractivity contribution < 1.29 is 14.3 Å². The molecule has 1 saturated heterocycles. The maximum absolute atomic E-state index is 13.1. The summed E-state index contributed by atoms with van der Waals surface area (Å²) in [6.07, 6.45) is 4.04. The van der Waals surface area contributed by atoms with E-state index in [2.05, 4.69) is 75.8 Å². The van der Waals surface area contributed by atoms with Crippen molar-refractivity contribution in [2.75, 3.05) is 44.6 Å². The van der Waals surface area contributed by atoms with Gasteiger partial charge in [-0.25, -0.2) is 4.79 Å². The summed E-state index contributed by atoms with van der Waals surface area (Å²) in [6.45, 7) is 5.85. The summed E-state index contributed by atoms with van der Waals surface area (Å²) in [7, 11) is 0. The third-order valence-corrected chi connectivity index (χ3v) is 8.48. The van der Waals surface area contributed by atoms with Crippen LogP contribution in [-0.2, 0) is 22.4 Å². The van der Waals surface area contributed by atoms with Crippen LogP contribution in [0.5, 0.6) is 0 Å². The predicted octanol–water partition coefficient (Wildman–Crippen LogP) is 5.15. The number of aryl methyl sites for hydroxylation is 1. The molecule has 0 unspecified atom stereocenters. The van der Waals surface area contributed by atoms with Crippen molar-refractivity contribution >= 4 is 28.2 Å². The van der Waals surface area contributed by atoms with Gasteiger partial charge in [-0.05, 0) is 49.3 Å². The lowest BCUT2D eigenvalue weighted by molar-refractivity contribution is -0.117. The number of hydrogen-bond acceptors (Lipinski definition) is 6. The highest BCUT2D eigenvalue weighted by Crippen LogP contribution is 2.38. The third-order valence-electron chi connectivity index (χ3n) is 7.27. The molecule has 1 amide bonds. The van der Waals surface area contributed by atoms with Gasteiger partial charge in [-0.2, -0.15) is 0 Å². The normalized spacial score (nSPS) is 16.4. The maximum Gasteiger partial charge on any atom is 0.341 e. The summed E-state index contributed by atoms with van der Waals surface area (Å²) in [5, 5.41) is 3.72. The number of esters is 1. The number of carbonyl (C=O) groups excluding carboxylic acids is 2. The van der Waals surface area contributed by atoms with Gasteiger partial charge >= 0.3 is 5.97 Å². The van der Waals surface area contributed by atoms with Gasteiger partial charge in [0, 0.05) is 31.1 Å². The number of amides is 1. The van der Waals surface area contributed by atoms with Crippen LogP contribution in [0.3, 0.4) is 0 Å². The number of anilines is 1. The zero-order valence-electron chi connectivity index (χ0n) is 21.4. The molecule has 2 aliphatic rings. The molecule has 1 aliphatic carbocycles. The van der Waals surface area contributed by atoms with E-state index in [0.29, 0.717) is 23.7 Å². The van der Waals surface area contributed by atoms with Crippen LogP contribution in [0.4, 0.5) is 5.00 Å². The van der Waals surface area contributed by atoms with E-state index in [-0.39, 0.29) is 17.9 Å². The van der Waals surface area contributed by atoms with Gasteiger partial charge in [-0.1, -0.05) is 60.7 Å². The lowest BCUT2D eigenvalue weighted by atomic mass is 9.95. The Kier molecular flexibility index (Phi) is 8.34. The van der Waals surface area contributed by atoms with Crippen molar-refractivity contribution in [3.05, 3.63) is 87.8 Å². The molecule has 6 nitrogen and oxygen atoms in total. The third kappa shape index (κ3) is 5.95. The van der Waals surface area contributed by atoms with E-state index in [1.165, 1.54) is 16.0 Å². The molecular weight excluding hydrogens is 482 g/mol. The van der Waals surface area contributed by atoms with Crippen molar-refractivity contribution in [2.24, 2.45) is 0 Å². The second-order valence-electron chi connectivity index (χ2n) is 9.72. The van der Waals surface area contributed by atoms with Gasteiger partial charge in [0.2, 0.25) is 5.91 Å². The minimum Gasteiger partial charge on any atom is -0.462 e. The second-order valence-corrected chi connectivity index (χ2v) is 10.8. The van der Waals surface area contributed by atoms with Crippen LogP contribution in [0.25, 0.3) is 0 Å². The molecule has 1 fully saturated rings. The number of fused-ring (bicyclic) bond motifs is 1. The van der Waals surface area contributed by atoms with Gasteiger partial charge in [0.1, 0.15) is 5.00 Å². The SMILES string of the molecule is CCOC(=O)c1c(NC(=O)CN2CCN(C(c3ccccc3)c3ccccc3)CC2)sc2c1CCCC2. The molecule has 194 valence electrons. The van der Waals surface area contributed by atoms with Gasteiger partial charge in [-0.3, -0.25) is 14.6 Å². The minimum atomic E-state index is -0.321. The molecular formula is C30H35N3O3S. The van der Waals surface area contributed by atoms with Gasteiger partial charge < -0.3 is 10.1 Å². The van der Waals surface area contributed by atoms with E-state index in [1.54, 1.807) is 11.3 Å². The molecule has 2 aromatic carbocycles. The van der Waals surface area contributed by atoms with Crippen molar-refractivity contribution in [3.63, 3.8) is 0 Å². The lowest BCUT2D eigenvalue weighted by Gasteiger charge is -2.39. The van der Waals surface area contributed by atoms with Gasteiger partial charge in [-0.15, -0.1) is 11.3 Å². The van der Waals surface area contributed by atoms with E-state index < -0.39 is 0 Å². The number of piperazine rings is 1. The molecule has 3 aromatic rings. The Bertz CT molecular complexity index is 1160. The first kappa shape index (κ1) is 25.6. The van der Waals surface area contributed by atoms with Gasteiger partial charge in [0.15, 0.2) is 0 Å². The van der Waals surface area contributed by atoms with Crippen LogP contribution >= 0.6 is 11.3 Å². The number of ether oxygens (including phenoxy) is 1. The Morgan fingerprint density at radius 3 is 2.16 bits per heavy atom. The molecule has 0 bridgehead atoms. The first-order chi connectivity index (χ1) is 18.1. The van der Waals surface area contributed by atoms with Crippen LogP contribution in [0.1, 0.15) is 57.7 Å². The summed E-state index contributed by atoms with van der Waals surface area (Å²) < 4.78 is 5.33. The number of hydrogen-bond donors (Lipinski definition) is 1. The molecule has 0 saturated carbocycles. The van der Waals surface area contributed by atoms with Crippen molar-refractivity contribution in [1.82, 2.24) is 9.80 Å². The summed E-state index contributed by atoms with van der Waals surface area (Å²) in [4.78, 5) is 31.7. The molecule has 5 rings (SSSR count). The van der Waals surface area contributed by atoms with E-state index >= 15 is 0 Å². The average molecular weight is 518 g/mol. The average Bonchev–Trinajstić information content (AvgIpc) is 3.29. The molecule has 1 aromatic heterocycles. The van der Waals surface area contributed by atoms with Crippen LogP contribution < -0.4 is 5.32 Å². The van der Waals surface area contributed by atoms with E-state index in [0.717, 1.165) is 57.4 Å². The summed E-state index contributed by atoms with van der Waals surface area (Å²) in [6, 6.07) is 21.5. The van der Waals surface area contributed by atoms with Crippen molar-refractivity contribution in [1.29, 1.82) is 0 Å². The number of nitrogens with zero attached hydrogens (tertiary/aromatic N) is 2. The van der Waals surface area contributed by atoms with E-state index in [9.17, 15) is 9.59 Å².